The van der Waals surface area contributed by atoms with Crippen LogP contribution < -0.4 is 5.73 Å². The molecule has 2 aromatic heterocycles. The molecule has 0 saturated carbocycles. The molecule has 0 saturated heterocycles. The lowest BCUT2D eigenvalue weighted by Gasteiger charge is -2.06. The van der Waals surface area contributed by atoms with E-state index < -0.39 is 18.4 Å². The van der Waals surface area contributed by atoms with Gasteiger partial charge in [0.2, 0.25) is 5.95 Å². The highest BCUT2D eigenvalue weighted by molar-refractivity contribution is 5.91. The van der Waals surface area contributed by atoms with Gasteiger partial charge >= 0.3 is 0 Å². The number of aromatic nitrogens is 2. The molecule has 0 aliphatic heterocycles. The van der Waals surface area contributed by atoms with Gasteiger partial charge in [0.05, 0.1) is 2.74 Å². The molecule has 0 aliphatic rings. The average molecular weight is 221 g/mol. The van der Waals surface area contributed by atoms with Crippen molar-refractivity contribution in [3.8, 4) is 0 Å². The predicted octanol–water partition coefficient (Wildman–Crippen LogP) is 1.17. The summed E-state index contributed by atoms with van der Waals surface area (Å²) >= 11 is 0. The zero-order chi connectivity index (χ0) is 13.3. The molecular weight excluding hydrogens is 209 g/mol. The Kier molecular flexibility index (Phi) is 2.08. The number of nitrogens with two attached hydrogens (primary N) is 1. The molecule has 0 bridgehead atoms. The highest BCUT2D eigenvalue weighted by Crippen LogP contribution is 2.07. The number of hydrogen-bond acceptors (Lipinski definition) is 2. The van der Waals surface area contributed by atoms with E-state index in [1.54, 1.807) is 0 Å². The average Bonchev–Trinajstić information content (AvgIpc) is 2.78. The van der Waals surface area contributed by atoms with E-state index in [1.807, 2.05) is 0 Å². The Morgan fingerprint density at radius 2 is 2.44 bits per heavy atom. The first-order valence-corrected chi connectivity index (χ1v) is 4.52. The maximum absolute atomic E-state index is 13.0. The minimum Gasteiger partial charge on any atom is -0.364 e. The van der Waals surface area contributed by atoms with Gasteiger partial charge in [-0.15, -0.1) is 0 Å². The monoisotopic (exact) mass is 221 g/mol. The van der Waals surface area contributed by atoms with E-state index in [-0.39, 0.29) is 11.3 Å². The van der Waals surface area contributed by atoms with Crippen LogP contribution in [0.2, 0.25) is 0 Å². The zero-order valence-corrected chi connectivity index (χ0v) is 8.22. The van der Waals surface area contributed by atoms with E-state index in [4.69, 9.17) is 8.48 Å². The lowest BCUT2D eigenvalue weighted by molar-refractivity contribution is 0.0992. The smallest absolute Gasteiger partial charge is 0.265 e. The molecule has 1 amide bonds. The summed E-state index contributed by atoms with van der Waals surface area (Å²) < 4.78 is 30.0. The van der Waals surface area contributed by atoms with Gasteiger partial charge in [0.1, 0.15) is 5.69 Å². The highest BCUT2D eigenvalue weighted by atomic mass is 19.1. The molecule has 2 N–H and O–H groups in total. The van der Waals surface area contributed by atoms with Gasteiger partial charge in [0.25, 0.3) is 5.91 Å². The molecule has 2 heterocycles. The van der Waals surface area contributed by atoms with E-state index in [0.717, 1.165) is 16.8 Å². The number of nitrogens with zero attached hydrogens (tertiary/aromatic N) is 2. The van der Waals surface area contributed by atoms with Crippen molar-refractivity contribution >= 4 is 5.91 Å². The minimum atomic E-state index is -2.09. The number of amides is 1. The quantitative estimate of drug-likeness (QED) is 0.791. The molecule has 2 rings (SSSR count). The Labute approximate surface area is 94.3 Å². The molecule has 2 aromatic rings. The van der Waals surface area contributed by atoms with Gasteiger partial charge in [-0.05, 0) is 29.8 Å². The van der Waals surface area contributed by atoms with Crippen LogP contribution in [-0.4, -0.2) is 15.5 Å². The summed E-state index contributed by atoms with van der Waals surface area (Å²) in [6, 6.07) is 5.21. The van der Waals surface area contributed by atoms with Crippen molar-refractivity contribution in [3.63, 3.8) is 0 Å². The van der Waals surface area contributed by atoms with Gasteiger partial charge in [-0.1, -0.05) is 0 Å². The third kappa shape index (κ3) is 2.08. The molecule has 0 unspecified atom stereocenters. The van der Waals surface area contributed by atoms with Gasteiger partial charge in [-0.25, -0.2) is 4.98 Å². The van der Waals surface area contributed by atoms with E-state index >= 15 is 0 Å². The molecular formula is C11H10FN3O. The van der Waals surface area contributed by atoms with E-state index in [2.05, 4.69) is 4.98 Å². The van der Waals surface area contributed by atoms with Gasteiger partial charge in [0, 0.05) is 18.9 Å². The van der Waals surface area contributed by atoms with E-state index in [1.165, 1.54) is 24.4 Å². The minimum absolute atomic E-state index is 0.0113. The first-order chi connectivity index (χ1) is 8.43. The summed E-state index contributed by atoms with van der Waals surface area (Å²) in [6.07, 6.45) is 2.54. The molecule has 0 atom stereocenters. The van der Waals surface area contributed by atoms with Crippen molar-refractivity contribution in [2.24, 2.45) is 5.73 Å². The SMILES string of the molecule is [2H]C([2H])(c1ccnc(F)c1)n1cccc1C(N)=O. The van der Waals surface area contributed by atoms with Crippen molar-refractivity contribution in [1.29, 1.82) is 0 Å². The normalized spacial score (nSPS) is 13.1. The number of carbonyl (C=O) groups is 1. The Morgan fingerprint density at radius 1 is 1.62 bits per heavy atom. The Hall–Kier alpha value is -2.17. The second-order valence-corrected chi connectivity index (χ2v) is 3.11. The second kappa shape index (κ2) is 4.14. The van der Waals surface area contributed by atoms with Crippen molar-refractivity contribution in [3.05, 3.63) is 53.9 Å². The Bertz CT molecular complexity index is 597. The lowest BCUT2D eigenvalue weighted by atomic mass is 10.2. The van der Waals surface area contributed by atoms with Crippen LogP contribution in [0.15, 0.2) is 36.7 Å². The van der Waals surface area contributed by atoms with Crippen LogP contribution in [0.1, 0.15) is 18.8 Å². The molecule has 16 heavy (non-hydrogen) atoms. The fraction of sp³-hybridized carbons (Fsp3) is 0.0909. The topological polar surface area (TPSA) is 60.9 Å². The number of carbonyl (C=O) groups excluding carboxylic acids is 1. The molecule has 0 radical (unpaired) electrons. The van der Waals surface area contributed by atoms with Crippen LogP contribution in [-0.2, 0) is 6.50 Å². The maximum Gasteiger partial charge on any atom is 0.265 e. The first kappa shape index (κ1) is 8.04. The van der Waals surface area contributed by atoms with E-state index in [9.17, 15) is 9.18 Å². The van der Waals surface area contributed by atoms with Gasteiger partial charge in [-0.2, -0.15) is 4.39 Å². The number of rotatable bonds is 3. The van der Waals surface area contributed by atoms with Crippen LogP contribution in [0.3, 0.4) is 0 Å². The van der Waals surface area contributed by atoms with Crippen LogP contribution in [0.5, 0.6) is 0 Å². The first-order valence-electron chi connectivity index (χ1n) is 5.52. The third-order valence-electron chi connectivity index (χ3n) is 1.98. The summed E-state index contributed by atoms with van der Waals surface area (Å²) in [4.78, 5) is 14.5. The summed E-state index contributed by atoms with van der Waals surface area (Å²) in [5.41, 5.74) is 5.21. The number of primary amides is 1. The molecule has 5 heteroatoms. The maximum atomic E-state index is 13.0. The van der Waals surface area contributed by atoms with Crippen LogP contribution >= 0.6 is 0 Å². The predicted molar refractivity (Wildman–Crippen MR) is 56.2 cm³/mol. The number of hydrogen-bond donors (Lipinski definition) is 1. The largest absolute Gasteiger partial charge is 0.364 e. The fourth-order valence-electron chi connectivity index (χ4n) is 1.29. The molecule has 82 valence electrons. The Morgan fingerprint density at radius 3 is 3.12 bits per heavy atom. The Balaban J connectivity index is 2.54. The van der Waals surface area contributed by atoms with Crippen LogP contribution in [0, 0.1) is 5.95 Å². The summed E-state index contributed by atoms with van der Waals surface area (Å²) in [7, 11) is 0. The number of halogens is 1. The molecule has 4 nitrogen and oxygen atoms in total. The van der Waals surface area contributed by atoms with Crippen molar-refractivity contribution in [2.45, 2.75) is 6.50 Å². The molecule has 0 fully saturated rings. The molecule has 0 spiro atoms. The lowest BCUT2D eigenvalue weighted by Crippen LogP contribution is -2.16. The second-order valence-electron chi connectivity index (χ2n) is 3.11. The molecule has 0 aliphatic carbocycles. The van der Waals surface area contributed by atoms with Crippen LogP contribution in [0.25, 0.3) is 0 Å². The summed E-state index contributed by atoms with van der Waals surface area (Å²) in [5.74, 6) is -1.54. The van der Waals surface area contributed by atoms with E-state index in [0.29, 0.717) is 0 Å². The summed E-state index contributed by atoms with van der Waals surface area (Å²) in [5, 5.41) is 0. The fourth-order valence-corrected chi connectivity index (χ4v) is 1.29. The van der Waals surface area contributed by atoms with Crippen molar-refractivity contribution in [1.82, 2.24) is 9.55 Å². The zero-order valence-electron chi connectivity index (χ0n) is 10.2. The summed E-state index contributed by atoms with van der Waals surface area (Å²) in [6.45, 7) is -2.09. The van der Waals surface area contributed by atoms with Gasteiger partial charge < -0.3 is 10.3 Å². The van der Waals surface area contributed by atoms with Crippen molar-refractivity contribution < 1.29 is 11.9 Å². The molecule has 0 aromatic carbocycles. The third-order valence-corrected chi connectivity index (χ3v) is 1.98. The van der Waals surface area contributed by atoms with Gasteiger partial charge in [0.15, 0.2) is 0 Å². The van der Waals surface area contributed by atoms with Crippen LogP contribution in [0.4, 0.5) is 4.39 Å². The van der Waals surface area contributed by atoms with Crippen molar-refractivity contribution in [2.75, 3.05) is 0 Å². The number of pyridine rings is 1. The van der Waals surface area contributed by atoms with Gasteiger partial charge in [-0.3, -0.25) is 4.79 Å². The standard InChI is InChI=1S/C11H10FN3O/c12-10-6-8(3-4-14-10)7-15-5-1-2-9(15)11(13)16/h1-6H,7H2,(H2,13,16)/i7D2. The highest BCUT2D eigenvalue weighted by Gasteiger charge is 2.07.